The van der Waals surface area contributed by atoms with E-state index in [1.54, 1.807) is 18.1 Å². The highest BCUT2D eigenvalue weighted by molar-refractivity contribution is 9.10. The van der Waals surface area contributed by atoms with Gasteiger partial charge in [0.25, 0.3) is 5.91 Å². The molecule has 0 fully saturated rings. The molecule has 0 saturated heterocycles. The van der Waals surface area contributed by atoms with Crippen LogP contribution in [-0.2, 0) is 20.0 Å². The van der Waals surface area contributed by atoms with Crippen molar-refractivity contribution in [3.05, 3.63) is 34.1 Å². The molecule has 7 heteroatoms. The number of aromatic amines is 1. The SMILES string of the molecule is CCc1[nH]nc(C(=O)N(C)Cc2nccn2C)c1Br. The van der Waals surface area contributed by atoms with Gasteiger partial charge in [0.2, 0.25) is 0 Å². The van der Waals surface area contributed by atoms with Gasteiger partial charge in [0, 0.05) is 32.2 Å². The van der Waals surface area contributed by atoms with E-state index < -0.39 is 0 Å². The number of nitrogens with one attached hydrogen (secondary N) is 1. The van der Waals surface area contributed by atoms with Gasteiger partial charge in [-0.05, 0) is 22.4 Å². The number of carbonyl (C=O) groups excluding carboxylic acids is 1. The third-order valence-electron chi connectivity index (χ3n) is 2.98. The van der Waals surface area contributed by atoms with Crippen LogP contribution in [0.5, 0.6) is 0 Å². The van der Waals surface area contributed by atoms with Crippen LogP contribution in [0.4, 0.5) is 0 Å². The maximum absolute atomic E-state index is 12.3. The van der Waals surface area contributed by atoms with E-state index in [0.717, 1.165) is 22.4 Å². The Kier molecular flexibility index (Phi) is 4.04. The zero-order valence-electron chi connectivity index (χ0n) is 11.1. The number of nitrogens with zero attached hydrogens (tertiary/aromatic N) is 4. The Morgan fingerprint density at radius 1 is 1.58 bits per heavy atom. The molecule has 2 aromatic heterocycles. The number of hydrogen-bond acceptors (Lipinski definition) is 3. The summed E-state index contributed by atoms with van der Waals surface area (Å²) < 4.78 is 2.63. The van der Waals surface area contributed by atoms with Crippen LogP contribution in [0.2, 0.25) is 0 Å². The van der Waals surface area contributed by atoms with E-state index in [4.69, 9.17) is 0 Å². The molecular formula is C12H16BrN5O. The maximum atomic E-state index is 12.3. The molecule has 1 amide bonds. The number of imidazole rings is 1. The van der Waals surface area contributed by atoms with E-state index in [1.807, 2.05) is 24.7 Å². The first kappa shape index (κ1) is 13.8. The molecule has 0 atom stereocenters. The standard InChI is InChI=1S/C12H16BrN5O/c1-4-8-10(13)11(16-15-8)12(19)18(3)7-9-14-5-6-17(9)2/h5-6H,4,7H2,1-3H3,(H,15,16). The molecule has 0 aliphatic heterocycles. The van der Waals surface area contributed by atoms with E-state index >= 15 is 0 Å². The van der Waals surface area contributed by atoms with Crippen molar-refractivity contribution in [2.24, 2.45) is 7.05 Å². The smallest absolute Gasteiger partial charge is 0.275 e. The first-order valence-corrected chi connectivity index (χ1v) is 6.78. The summed E-state index contributed by atoms with van der Waals surface area (Å²) in [5, 5.41) is 6.93. The predicted molar refractivity (Wildman–Crippen MR) is 74.7 cm³/mol. The van der Waals surface area contributed by atoms with Crippen molar-refractivity contribution in [2.75, 3.05) is 7.05 Å². The highest BCUT2D eigenvalue weighted by Gasteiger charge is 2.21. The molecule has 0 aliphatic carbocycles. The summed E-state index contributed by atoms with van der Waals surface area (Å²) in [5.41, 5.74) is 1.34. The van der Waals surface area contributed by atoms with Gasteiger partial charge in [0.1, 0.15) is 5.82 Å². The molecule has 0 aliphatic rings. The van der Waals surface area contributed by atoms with Crippen LogP contribution in [-0.4, -0.2) is 37.6 Å². The molecule has 0 radical (unpaired) electrons. The van der Waals surface area contributed by atoms with Crippen molar-refractivity contribution >= 4 is 21.8 Å². The van der Waals surface area contributed by atoms with Gasteiger partial charge in [-0.15, -0.1) is 0 Å². The van der Waals surface area contributed by atoms with E-state index in [2.05, 4.69) is 31.1 Å². The number of amides is 1. The summed E-state index contributed by atoms with van der Waals surface area (Å²) in [7, 11) is 3.64. The van der Waals surface area contributed by atoms with E-state index in [-0.39, 0.29) is 5.91 Å². The number of carbonyl (C=O) groups is 1. The average Bonchev–Trinajstić information content (AvgIpc) is 2.95. The minimum Gasteiger partial charge on any atom is -0.337 e. The molecule has 1 N–H and O–H groups in total. The van der Waals surface area contributed by atoms with E-state index in [1.165, 1.54) is 0 Å². The maximum Gasteiger partial charge on any atom is 0.275 e. The second-order valence-electron chi connectivity index (χ2n) is 4.33. The van der Waals surface area contributed by atoms with Crippen molar-refractivity contribution < 1.29 is 4.79 Å². The lowest BCUT2D eigenvalue weighted by atomic mass is 10.3. The number of hydrogen-bond donors (Lipinski definition) is 1. The normalized spacial score (nSPS) is 10.7. The number of aryl methyl sites for hydroxylation is 2. The Bertz CT molecular complexity index is 589. The second kappa shape index (κ2) is 5.56. The third kappa shape index (κ3) is 2.70. The molecule has 2 rings (SSSR count). The quantitative estimate of drug-likeness (QED) is 0.931. The summed E-state index contributed by atoms with van der Waals surface area (Å²) >= 11 is 3.41. The van der Waals surface area contributed by atoms with Crippen molar-refractivity contribution in [1.29, 1.82) is 0 Å². The largest absolute Gasteiger partial charge is 0.337 e. The van der Waals surface area contributed by atoms with Gasteiger partial charge in [-0.2, -0.15) is 5.10 Å². The topological polar surface area (TPSA) is 66.8 Å². The zero-order chi connectivity index (χ0) is 14.0. The second-order valence-corrected chi connectivity index (χ2v) is 5.13. The number of aromatic nitrogens is 4. The lowest BCUT2D eigenvalue weighted by Crippen LogP contribution is -2.28. The molecule has 0 spiro atoms. The highest BCUT2D eigenvalue weighted by atomic mass is 79.9. The highest BCUT2D eigenvalue weighted by Crippen LogP contribution is 2.21. The Balaban J connectivity index is 2.15. The van der Waals surface area contributed by atoms with Crippen molar-refractivity contribution in [3.63, 3.8) is 0 Å². The average molecular weight is 326 g/mol. The fraction of sp³-hybridized carbons (Fsp3) is 0.417. The van der Waals surface area contributed by atoms with Crippen LogP contribution >= 0.6 is 15.9 Å². The number of rotatable bonds is 4. The van der Waals surface area contributed by atoms with Crippen molar-refractivity contribution in [1.82, 2.24) is 24.6 Å². The molecule has 6 nitrogen and oxygen atoms in total. The Hall–Kier alpha value is -1.63. The Morgan fingerprint density at radius 2 is 2.32 bits per heavy atom. The molecule has 2 heterocycles. The van der Waals surface area contributed by atoms with Gasteiger partial charge < -0.3 is 9.47 Å². The van der Waals surface area contributed by atoms with Gasteiger partial charge in [-0.1, -0.05) is 6.92 Å². The Labute approximate surface area is 120 Å². The molecule has 2 aromatic rings. The summed E-state index contributed by atoms with van der Waals surface area (Å²) in [6, 6.07) is 0. The van der Waals surface area contributed by atoms with Gasteiger partial charge in [0.15, 0.2) is 5.69 Å². The van der Waals surface area contributed by atoms with E-state index in [0.29, 0.717) is 12.2 Å². The van der Waals surface area contributed by atoms with Crippen LogP contribution in [0.3, 0.4) is 0 Å². The van der Waals surface area contributed by atoms with Crippen LogP contribution in [0.15, 0.2) is 16.9 Å². The Morgan fingerprint density at radius 3 is 2.84 bits per heavy atom. The minimum absolute atomic E-state index is 0.133. The summed E-state index contributed by atoms with van der Waals surface area (Å²) in [5.74, 6) is 0.698. The van der Waals surface area contributed by atoms with Gasteiger partial charge in [-0.25, -0.2) is 4.98 Å². The lowest BCUT2D eigenvalue weighted by Gasteiger charge is -2.15. The molecule has 0 aromatic carbocycles. The number of H-pyrrole nitrogens is 1. The van der Waals surface area contributed by atoms with Crippen LogP contribution < -0.4 is 0 Å². The molecule has 0 bridgehead atoms. The molecule has 0 saturated carbocycles. The van der Waals surface area contributed by atoms with Crippen molar-refractivity contribution in [3.8, 4) is 0 Å². The first-order valence-electron chi connectivity index (χ1n) is 5.99. The van der Waals surface area contributed by atoms with Crippen LogP contribution in [0.25, 0.3) is 0 Å². The fourth-order valence-corrected chi connectivity index (χ4v) is 2.38. The minimum atomic E-state index is -0.133. The molecular weight excluding hydrogens is 310 g/mol. The fourth-order valence-electron chi connectivity index (χ4n) is 1.75. The summed E-state index contributed by atoms with van der Waals surface area (Å²) in [4.78, 5) is 18.1. The summed E-state index contributed by atoms with van der Waals surface area (Å²) in [6.45, 7) is 2.45. The molecule has 102 valence electrons. The van der Waals surface area contributed by atoms with Gasteiger partial charge >= 0.3 is 0 Å². The first-order chi connectivity index (χ1) is 9.04. The van der Waals surface area contributed by atoms with Gasteiger partial charge in [-0.3, -0.25) is 9.89 Å². The monoisotopic (exact) mass is 325 g/mol. The lowest BCUT2D eigenvalue weighted by molar-refractivity contribution is 0.0773. The van der Waals surface area contributed by atoms with Crippen molar-refractivity contribution in [2.45, 2.75) is 19.9 Å². The predicted octanol–water partition coefficient (Wildman–Crippen LogP) is 1.74. The van der Waals surface area contributed by atoms with E-state index in [9.17, 15) is 4.79 Å². The zero-order valence-corrected chi connectivity index (χ0v) is 12.7. The summed E-state index contributed by atoms with van der Waals surface area (Å²) in [6.07, 6.45) is 4.37. The molecule has 0 unspecified atom stereocenters. The van der Waals surface area contributed by atoms with Gasteiger partial charge in [0.05, 0.1) is 11.0 Å². The third-order valence-corrected chi connectivity index (χ3v) is 3.83. The van der Waals surface area contributed by atoms with Crippen LogP contribution in [0.1, 0.15) is 28.9 Å². The number of halogens is 1. The van der Waals surface area contributed by atoms with Crippen LogP contribution in [0, 0.1) is 0 Å². The molecule has 19 heavy (non-hydrogen) atoms.